The molecule has 1 aromatic carbocycles. The monoisotopic (exact) mass is 337 g/mol. The van der Waals surface area contributed by atoms with Crippen LogP contribution in [0.2, 0.25) is 0 Å². The van der Waals surface area contributed by atoms with E-state index in [1.807, 2.05) is 31.2 Å². The number of rotatable bonds is 4. The van der Waals surface area contributed by atoms with E-state index in [2.05, 4.69) is 25.3 Å². The lowest BCUT2D eigenvalue weighted by atomic mass is 10.1. The van der Waals surface area contributed by atoms with Crippen LogP contribution in [0.3, 0.4) is 0 Å². The topological polar surface area (TPSA) is 84.0 Å². The minimum atomic E-state index is -0.336. The van der Waals surface area contributed by atoms with Crippen molar-refractivity contribution in [1.29, 1.82) is 0 Å². The summed E-state index contributed by atoms with van der Waals surface area (Å²) in [5.74, 6) is 0.497. The third kappa shape index (κ3) is 3.05. The van der Waals surface area contributed by atoms with Crippen LogP contribution in [0.5, 0.6) is 0 Å². The van der Waals surface area contributed by atoms with Gasteiger partial charge in [-0.15, -0.1) is 5.10 Å². The summed E-state index contributed by atoms with van der Waals surface area (Å²) in [6.45, 7) is 3.14. The minimum absolute atomic E-state index is 0.127. The third-order valence-corrected chi connectivity index (χ3v) is 4.56. The Morgan fingerprint density at radius 2 is 2.24 bits per heavy atom. The van der Waals surface area contributed by atoms with E-state index in [-0.39, 0.29) is 12.0 Å². The van der Waals surface area contributed by atoms with Gasteiger partial charge in [0.1, 0.15) is 6.61 Å². The van der Waals surface area contributed by atoms with E-state index in [1.54, 1.807) is 12.3 Å². The number of anilines is 1. The molecule has 0 amide bonds. The molecule has 1 N–H and O–H groups in total. The smallest absolute Gasteiger partial charge is 0.340 e. The van der Waals surface area contributed by atoms with Crippen LogP contribution >= 0.6 is 0 Å². The molecule has 128 valence electrons. The molecule has 1 fully saturated rings. The zero-order valence-corrected chi connectivity index (χ0v) is 14.0. The Labute approximate surface area is 145 Å². The van der Waals surface area contributed by atoms with Gasteiger partial charge in [0, 0.05) is 11.9 Å². The highest BCUT2D eigenvalue weighted by Gasteiger charge is 2.27. The van der Waals surface area contributed by atoms with Crippen LogP contribution in [0.25, 0.3) is 10.9 Å². The van der Waals surface area contributed by atoms with Gasteiger partial charge >= 0.3 is 5.97 Å². The van der Waals surface area contributed by atoms with Crippen LogP contribution in [0.15, 0.2) is 36.5 Å². The maximum atomic E-state index is 12.5. The van der Waals surface area contributed by atoms with Crippen molar-refractivity contribution >= 4 is 22.7 Å². The van der Waals surface area contributed by atoms with E-state index < -0.39 is 0 Å². The fraction of sp³-hybridized carbons (Fsp3) is 0.333. The maximum Gasteiger partial charge on any atom is 0.340 e. The predicted molar refractivity (Wildman–Crippen MR) is 93.5 cm³/mol. The number of carbonyl (C=O) groups excluding carboxylic acids is 1. The van der Waals surface area contributed by atoms with Gasteiger partial charge in [-0.05, 0) is 38.0 Å². The second-order valence-corrected chi connectivity index (χ2v) is 6.26. The highest BCUT2D eigenvalue weighted by atomic mass is 16.5. The number of hydrogen-bond acceptors (Lipinski definition) is 6. The highest BCUT2D eigenvalue weighted by molar-refractivity contribution is 6.02. The first-order valence-electron chi connectivity index (χ1n) is 8.38. The molecule has 3 heterocycles. The number of aromatic amines is 1. The van der Waals surface area contributed by atoms with Crippen LogP contribution in [-0.2, 0) is 4.74 Å². The molecule has 1 aliphatic rings. The van der Waals surface area contributed by atoms with E-state index in [0.29, 0.717) is 17.7 Å². The Morgan fingerprint density at radius 3 is 3.08 bits per heavy atom. The van der Waals surface area contributed by atoms with E-state index in [9.17, 15) is 4.79 Å². The molecule has 0 spiro atoms. The fourth-order valence-electron chi connectivity index (χ4n) is 3.24. The maximum absolute atomic E-state index is 12.5. The highest BCUT2D eigenvalue weighted by Crippen LogP contribution is 2.24. The van der Waals surface area contributed by atoms with E-state index >= 15 is 0 Å². The molecule has 1 aliphatic heterocycles. The number of hydrogen-bond donors (Lipinski definition) is 1. The third-order valence-electron chi connectivity index (χ3n) is 4.56. The average Bonchev–Trinajstić information content (AvgIpc) is 3.29. The van der Waals surface area contributed by atoms with Gasteiger partial charge in [0.2, 0.25) is 0 Å². The number of aryl methyl sites for hydroxylation is 1. The average molecular weight is 337 g/mol. The molecule has 1 atom stereocenters. The van der Waals surface area contributed by atoms with Crippen molar-refractivity contribution in [2.24, 2.45) is 0 Å². The van der Waals surface area contributed by atoms with Crippen molar-refractivity contribution < 1.29 is 9.53 Å². The molecule has 1 saturated heterocycles. The molecule has 0 bridgehead atoms. The first-order chi connectivity index (χ1) is 12.2. The molecule has 7 heteroatoms. The number of H-pyrrole nitrogens is 1. The number of aromatic nitrogens is 4. The van der Waals surface area contributed by atoms with Gasteiger partial charge in [0.15, 0.2) is 5.82 Å². The Hall–Kier alpha value is -2.96. The Balaban J connectivity index is 1.46. The zero-order valence-electron chi connectivity index (χ0n) is 14.0. The number of nitrogens with one attached hydrogen (secondary N) is 1. The lowest BCUT2D eigenvalue weighted by molar-refractivity contribution is 0.0484. The van der Waals surface area contributed by atoms with Crippen molar-refractivity contribution in [2.45, 2.75) is 25.8 Å². The van der Waals surface area contributed by atoms with Gasteiger partial charge in [-0.2, -0.15) is 10.2 Å². The fourth-order valence-corrected chi connectivity index (χ4v) is 3.24. The summed E-state index contributed by atoms with van der Waals surface area (Å²) >= 11 is 0. The Morgan fingerprint density at radius 1 is 1.32 bits per heavy atom. The van der Waals surface area contributed by atoms with Gasteiger partial charge in [-0.25, -0.2) is 4.79 Å². The van der Waals surface area contributed by atoms with Crippen LogP contribution in [0.4, 0.5) is 5.82 Å². The summed E-state index contributed by atoms with van der Waals surface area (Å²) in [5, 5.41) is 16.1. The van der Waals surface area contributed by atoms with Crippen LogP contribution in [-0.4, -0.2) is 45.6 Å². The molecule has 7 nitrogen and oxygen atoms in total. The molecular weight excluding hydrogens is 318 g/mol. The first kappa shape index (κ1) is 15.6. The molecule has 4 rings (SSSR count). The van der Waals surface area contributed by atoms with E-state index in [0.717, 1.165) is 36.3 Å². The molecule has 2 aromatic heterocycles. The lowest BCUT2D eigenvalue weighted by Gasteiger charge is -2.24. The summed E-state index contributed by atoms with van der Waals surface area (Å²) in [5.41, 5.74) is 2.11. The Bertz CT molecular complexity index is 890. The van der Waals surface area contributed by atoms with Crippen LogP contribution in [0.1, 0.15) is 28.9 Å². The van der Waals surface area contributed by atoms with Crippen LogP contribution in [0, 0.1) is 6.92 Å². The molecule has 0 saturated carbocycles. The van der Waals surface area contributed by atoms with Crippen molar-refractivity contribution in [3.63, 3.8) is 0 Å². The predicted octanol–water partition coefficient (Wildman–Crippen LogP) is 2.49. The van der Waals surface area contributed by atoms with Gasteiger partial charge in [0.05, 0.1) is 29.0 Å². The summed E-state index contributed by atoms with van der Waals surface area (Å²) in [6.07, 6.45) is 3.71. The Kier molecular flexibility index (Phi) is 4.05. The second-order valence-electron chi connectivity index (χ2n) is 6.26. The number of carbonyl (C=O) groups is 1. The number of benzene rings is 1. The second kappa shape index (κ2) is 6.51. The van der Waals surface area contributed by atoms with Gasteiger partial charge in [-0.1, -0.05) is 12.1 Å². The van der Waals surface area contributed by atoms with E-state index in [1.165, 1.54) is 0 Å². The number of ether oxygens (including phenoxy) is 1. The zero-order chi connectivity index (χ0) is 17.2. The number of fused-ring (bicyclic) bond motifs is 1. The molecule has 3 aromatic rings. The van der Waals surface area contributed by atoms with Crippen LogP contribution < -0.4 is 4.90 Å². The molecule has 0 aliphatic carbocycles. The number of para-hydroxylation sites is 1. The minimum Gasteiger partial charge on any atom is -0.460 e. The van der Waals surface area contributed by atoms with Gasteiger partial charge in [-0.3, -0.25) is 5.10 Å². The van der Waals surface area contributed by atoms with Crippen molar-refractivity contribution in [3.8, 4) is 0 Å². The van der Waals surface area contributed by atoms with Gasteiger partial charge in [0.25, 0.3) is 0 Å². The molecule has 25 heavy (non-hydrogen) atoms. The standard InChI is InChI=1S/C18H19N5O2/c1-12-7-8-16(21-20-12)23-9-3-5-14(23)11-25-18(24)15-6-2-4-13-10-19-22-17(13)15/h2,4,6-8,10,14H,3,5,9,11H2,1H3,(H,19,22)/t14-/m0/s1. The van der Waals surface area contributed by atoms with Crippen molar-refractivity contribution in [1.82, 2.24) is 20.4 Å². The lowest BCUT2D eigenvalue weighted by Crippen LogP contribution is -2.34. The summed E-state index contributed by atoms with van der Waals surface area (Å²) in [4.78, 5) is 14.6. The van der Waals surface area contributed by atoms with E-state index in [4.69, 9.17) is 4.74 Å². The normalized spacial score (nSPS) is 17.2. The van der Waals surface area contributed by atoms with Crippen molar-refractivity contribution in [2.75, 3.05) is 18.1 Å². The summed E-state index contributed by atoms with van der Waals surface area (Å²) < 4.78 is 5.59. The SMILES string of the molecule is Cc1ccc(N2CCC[C@H]2COC(=O)c2cccc3cn[nH]c23)nn1. The van der Waals surface area contributed by atoms with Gasteiger partial charge < -0.3 is 9.64 Å². The molecular formula is C18H19N5O2. The largest absolute Gasteiger partial charge is 0.460 e. The summed E-state index contributed by atoms with van der Waals surface area (Å²) in [6, 6.07) is 9.53. The number of nitrogens with zero attached hydrogens (tertiary/aromatic N) is 4. The number of esters is 1. The quantitative estimate of drug-likeness (QED) is 0.736. The molecule has 0 radical (unpaired) electrons. The molecule has 0 unspecified atom stereocenters. The summed E-state index contributed by atoms with van der Waals surface area (Å²) in [7, 11) is 0. The van der Waals surface area contributed by atoms with Crippen molar-refractivity contribution in [3.05, 3.63) is 47.8 Å². The first-order valence-corrected chi connectivity index (χ1v) is 8.38.